The number of hydrogen-bond acceptors (Lipinski definition) is 2. The van der Waals surface area contributed by atoms with E-state index >= 15 is 0 Å². The van der Waals surface area contributed by atoms with Crippen LogP contribution in [-0.2, 0) is 6.42 Å². The number of rotatable bonds is 6. The van der Waals surface area contributed by atoms with Gasteiger partial charge in [0.15, 0.2) is 0 Å². The third-order valence-corrected chi connectivity index (χ3v) is 5.16. The van der Waals surface area contributed by atoms with E-state index in [-0.39, 0.29) is 0 Å². The minimum atomic E-state index is 0.339. The second kappa shape index (κ2) is 5.07. The van der Waals surface area contributed by atoms with Gasteiger partial charge in [0.2, 0.25) is 0 Å². The molecule has 2 saturated carbocycles. The molecular formula is C18H25NO. The third-order valence-electron chi connectivity index (χ3n) is 5.16. The predicted octanol–water partition coefficient (Wildman–Crippen LogP) is 3.32. The Morgan fingerprint density at radius 1 is 1.20 bits per heavy atom. The van der Waals surface area contributed by atoms with E-state index in [0.29, 0.717) is 6.10 Å². The summed E-state index contributed by atoms with van der Waals surface area (Å²) < 4.78 is 6.03. The number of aryl methyl sites for hydroxylation is 1. The zero-order valence-electron chi connectivity index (χ0n) is 12.4. The van der Waals surface area contributed by atoms with Crippen molar-refractivity contribution in [3.8, 4) is 5.75 Å². The van der Waals surface area contributed by atoms with Crippen molar-refractivity contribution in [2.75, 3.05) is 13.1 Å². The van der Waals surface area contributed by atoms with Crippen LogP contribution in [0.25, 0.3) is 0 Å². The van der Waals surface area contributed by atoms with Gasteiger partial charge in [-0.25, -0.2) is 0 Å². The molecular weight excluding hydrogens is 246 g/mol. The van der Waals surface area contributed by atoms with Crippen molar-refractivity contribution >= 4 is 0 Å². The molecule has 1 aliphatic heterocycles. The zero-order chi connectivity index (χ0) is 13.5. The highest BCUT2D eigenvalue weighted by Crippen LogP contribution is 2.48. The van der Waals surface area contributed by atoms with E-state index in [1.165, 1.54) is 43.4 Å². The Kier molecular flexibility index (Phi) is 3.22. The first-order chi connectivity index (χ1) is 9.79. The van der Waals surface area contributed by atoms with E-state index in [2.05, 4.69) is 30.4 Å². The minimum absolute atomic E-state index is 0.339. The fourth-order valence-corrected chi connectivity index (χ4v) is 3.74. The van der Waals surface area contributed by atoms with Crippen LogP contribution < -0.4 is 10.1 Å². The lowest BCUT2D eigenvalue weighted by Crippen LogP contribution is -2.34. The Labute approximate surface area is 121 Å². The molecule has 0 spiro atoms. The third kappa shape index (κ3) is 2.71. The molecule has 1 atom stereocenters. The van der Waals surface area contributed by atoms with Crippen molar-refractivity contribution in [1.82, 2.24) is 5.32 Å². The lowest BCUT2D eigenvalue weighted by atomic mass is 9.98. The van der Waals surface area contributed by atoms with E-state index in [4.69, 9.17) is 4.74 Å². The molecule has 2 fully saturated rings. The molecule has 1 N–H and O–H groups in total. The molecule has 0 radical (unpaired) electrons. The number of fused-ring (bicyclic) bond motifs is 1. The number of nitrogens with one attached hydrogen (secondary N) is 1. The highest BCUT2D eigenvalue weighted by molar-refractivity contribution is 5.40. The SMILES string of the molecule is Cc1ccc2c(c1)CC(CNCC(C1CC1)C1CC1)O2. The van der Waals surface area contributed by atoms with Gasteiger partial charge < -0.3 is 10.1 Å². The smallest absolute Gasteiger partial charge is 0.123 e. The summed E-state index contributed by atoms with van der Waals surface area (Å²) in [5, 5.41) is 3.69. The Hall–Kier alpha value is -1.02. The molecule has 0 amide bonds. The number of benzene rings is 1. The van der Waals surface area contributed by atoms with Gasteiger partial charge in [0, 0.05) is 13.0 Å². The summed E-state index contributed by atoms with van der Waals surface area (Å²) in [7, 11) is 0. The van der Waals surface area contributed by atoms with Crippen molar-refractivity contribution < 1.29 is 4.74 Å². The summed E-state index contributed by atoms with van der Waals surface area (Å²) in [5.41, 5.74) is 2.72. The van der Waals surface area contributed by atoms with E-state index in [1.54, 1.807) is 0 Å². The molecule has 20 heavy (non-hydrogen) atoms. The first kappa shape index (κ1) is 12.7. The molecule has 0 bridgehead atoms. The van der Waals surface area contributed by atoms with Crippen LogP contribution in [0.5, 0.6) is 5.75 Å². The molecule has 0 saturated heterocycles. The van der Waals surface area contributed by atoms with Crippen LogP contribution in [0.4, 0.5) is 0 Å². The fraction of sp³-hybridized carbons (Fsp3) is 0.667. The molecule has 2 heteroatoms. The van der Waals surface area contributed by atoms with Crippen LogP contribution in [-0.4, -0.2) is 19.2 Å². The van der Waals surface area contributed by atoms with Crippen molar-refractivity contribution in [3.05, 3.63) is 29.3 Å². The highest BCUT2D eigenvalue weighted by atomic mass is 16.5. The summed E-state index contributed by atoms with van der Waals surface area (Å²) >= 11 is 0. The average molecular weight is 271 g/mol. The monoisotopic (exact) mass is 271 g/mol. The highest BCUT2D eigenvalue weighted by Gasteiger charge is 2.41. The fourth-order valence-electron chi connectivity index (χ4n) is 3.74. The summed E-state index contributed by atoms with van der Waals surface area (Å²) in [6, 6.07) is 6.54. The first-order valence-corrected chi connectivity index (χ1v) is 8.26. The molecule has 1 aromatic rings. The second-order valence-electron chi connectivity index (χ2n) is 7.05. The quantitative estimate of drug-likeness (QED) is 0.857. The Morgan fingerprint density at radius 3 is 2.65 bits per heavy atom. The van der Waals surface area contributed by atoms with Gasteiger partial charge in [0.05, 0.1) is 0 Å². The molecule has 2 nitrogen and oxygen atoms in total. The summed E-state index contributed by atoms with van der Waals surface area (Å²) in [4.78, 5) is 0. The van der Waals surface area contributed by atoms with Gasteiger partial charge in [-0.2, -0.15) is 0 Å². The lowest BCUT2D eigenvalue weighted by molar-refractivity contribution is 0.221. The van der Waals surface area contributed by atoms with E-state index in [0.717, 1.165) is 36.5 Å². The van der Waals surface area contributed by atoms with Crippen LogP contribution in [0.3, 0.4) is 0 Å². The van der Waals surface area contributed by atoms with Gasteiger partial charge in [-0.3, -0.25) is 0 Å². The summed E-state index contributed by atoms with van der Waals surface area (Å²) in [6.45, 7) is 4.37. The van der Waals surface area contributed by atoms with Crippen LogP contribution >= 0.6 is 0 Å². The topological polar surface area (TPSA) is 21.3 Å². The van der Waals surface area contributed by atoms with Crippen LogP contribution in [0, 0.1) is 24.7 Å². The predicted molar refractivity (Wildman–Crippen MR) is 81.1 cm³/mol. The minimum Gasteiger partial charge on any atom is -0.488 e. The van der Waals surface area contributed by atoms with Crippen molar-refractivity contribution in [2.45, 2.75) is 45.1 Å². The van der Waals surface area contributed by atoms with Crippen LogP contribution in [0.2, 0.25) is 0 Å². The Balaban J connectivity index is 1.27. The summed E-state index contributed by atoms with van der Waals surface area (Å²) in [6.07, 6.45) is 7.33. The first-order valence-electron chi connectivity index (χ1n) is 8.26. The molecule has 3 aliphatic rings. The van der Waals surface area contributed by atoms with Gasteiger partial charge in [-0.05, 0) is 68.5 Å². The van der Waals surface area contributed by atoms with Gasteiger partial charge in [0.1, 0.15) is 11.9 Å². The molecule has 1 heterocycles. The zero-order valence-corrected chi connectivity index (χ0v) is 12.4. The second-order valence-corrected chi connectivity index (χ2v) is 7.05. The van der Waals surface area contributed by atoms with Gasteiger partial charge in [-0.1, -0.05) is 17.7 Å². The van der Waals surface area contributed by atoms with E-state index in [1.807, 2.05) is 0 Å². The maximum atomic E-state index is 6.03. The summed E-state index contributed by atoms with van der Waals surface area (Å²) in [5.74, 6) is 4.14. The van der Waals surface area contributed by atoms with Gasteiger partial charge >= 0.3 is 0 Å². The van der Waals surface area contributed by atoms with Crippen molar-refractivity contribution in [3.63, 3.8) is 0 Å². The molecule has 0 aromatic heterocycles. The van der Waals surface area contributed by atoms with E-state index < -0.39 is 0 Å². The van der Waals surface area contributed by atoms with Crippen LogP contribution in [0.1, 0.15) is 36.8 Å². The maximum Gasteiger partial charge on any atom is 0.123 e. The van der Waals surface area contributed by atoms with Crippen molar-refractivity contribution in [2.24, 2.45) is 17.8 Å². The molecule has 2 aliphatic carbocycles. The van der Waals surface area contributed by atoms with E-state index in [9.17, 15) is 0 Å². The number of hydrogen-bond donors (Lipinski definition) is 1. The largest absolute Gasteiger partial charge is 0.488 e. The normalized spacial score (nSPS) is 24.8. The van der Waals surface area contributed by atoms with Crippen LogP contribution in [0.15, 0.2) is 18.2 Å². The molecule has 4 rings (SSSR count). The average Bonchev–Trinajstić information content (AvgIpc) is 3.32. The maximum absolute atomic E-state index is 6.03. The van der Waals surface area contributed by atoms with Gasteiger partial charge in [-0.15, -0.1) is 0 Å². The Bertz CT molecular complexity index is 478. The Morgan fingerprint density at radius 2 is 1.95 bits per heavy atom. The standard InChI is InChI=1S/C18H25NO/c1-12-2-7-18-15(8-12)9-16(20-18)10-19-11-17(13-3-4-13)14-5-6-14/h2,7-8,13-14,16-17,19H,3-6,9-11H2,1H3. The van der Waals surface area contributed by atoms with Crippen molar-refractivity contribution in [1.29, 1.82) is 0 Å². The molecule has 1 unspecified atom stereocenters. The van der Waals surface area contributed by atoms with Gasteiger partial charge in [0.25, 0.3) is 0 Å². The number of ether oxygens (including phenoxy) is 1. The molecule has 1 aromatic carbocycles. The lowest BCUT2D eigenvalue weighted by Gasteiger charge is -2.18. The molecule has 108 valence electrons.